The van der Waals surface area contributed by atoms with Gasteiger partial charge in [0.05, 0.1) is 6.54 Å². The smallest absolute Gasteiger partial charge is 0.183 e. The number of hydrogen-bond acceptors (Lipinski definition) is 5. The fraction of sp³-hybridized carbons (Fsp3) is 0.111. The van der Waals surface area contributed by atoms with Gasteiger partial charge in [-0.25, -0.2) is 19.0 Å². The summed E-state index contributed by atoms with van der Waals surface area (Å²) >= 11 is 7.56. The number of aromatic nitrogens is 5. The Morgan fingerprint density at radius 2 is 1.96 bits per heavy atom. The molecule has 4 aromatic rings. The van der Waals surface area contributed by atoms with Gasteiger partial charge in [-0.1, -0.05) is 58.9 Å². The average Bonchev–Trinajstić information content (AvgIpc) is 3.06. The van der Waals surface area contributed by atoms with E-state index in [0.717, 1.165) is 10.6 Å². The predicted molar refractivity (Wildman–Crippen MR) is 99.6 cm³/mol. The molecule has 0 fully saturated rings. The largest absolute Gasteiger partial charge is 0.227 e. The summed E-state index contributed by atoms with van der Waals surface area (Å²) in [5.74, 6) is 0.424. The van der Waals surface area contributed by atoms with Gasteiger partial charge in [-0.2, -0.15) is 0 Å². The number of hydrogen-bond donors (Lipinski definition) is 0. The van der Waals surface area contributed by atoms with Crippen LogP contribution in [0.4, 0.5) is 4.39 Å². The molecule has 2 aromatic heterocycles. The van der Waals surface area contributed by atoms with Crippen LogP contribution in [0.15, 0.2) is 59.9 Å². The van der Waals surface area contributed by atoms with Crippen molar-refractivity contribution in [1.29, 1.82) is 0 Å². The summed E-state index contributed by atoms with van der Waals surface area (Å²) < 4.78 is 15.5. The Morgan fingerprint density at radius 1 is 1.08 bits per heavy atom. The molecule has 0 N–H and O–H groups in total. The molecule has 0 aliphatic rings. The molecule has 0 unspecified atom stereocenters. The van der Waals surface area contributed by atoms with Crippen LogP contribution in [0.2, 0.25) is 5.02 Å². The standard InChI is InChI=1S/C18H13ClFN5S/c19-14-6-3-4-12(8-14)10-26-18-16-17(21-11-22-18)25(24-23-16)9-13-5-1-2-7-15(13)20/h1-8,11H,9-10H2. The molecule has 2 heterocycles. The molecule has 0 aliphatic carbocycles. The molecule has 130 valence electrons. The fourth-order valence-electron chi connectivity index (χ4n) is 2.55. The van der Waals surface area contributed by atoms with Crippen LogP contribution in [0.3, 0.4) is 0 Å². The first-order valence-electron chi connectivity index (χ1n) is 7.85. The number of benzene rings is 2. The maximum Gasteiger partial charge on any atom is 0.183 e. The number of rotatable bonds is 5. The first kappa shape index (κ1) is 16.9. The van der Waals surface area contributed by atoms with Gasteiger partial charge in [0.25, 0.3) is 0 Å². The van der Waals surface area contributed by atoms with Crippen molar-refractivity contribution in [3.05, 3.63) is 76.8 Å². The van der Waals surface area contributed by atoms with E-state index in [1.165, 1.54) is 24.2 Å². The summed E-state index contributed by atoms with van der Waals surface area (Å²) in [5.41, 5.74) is 2.81. The lowest BCUT2D eigenvalue weighted by molar-refractivity contribution is 0.582. The summed E-state index contributed by atoms with van der Waals surface area (Å²) in [6, 6.07) is 14.3. The van der Waals surface area contributed by atoms with Crippen molar-refractivity contribution in [2.24, 2.45) is 0 Å². The van der Waals surface area contributed by atoms with Crippen LogP contribution in [-0.2, 0) is 12.3 Å². The summed E-state index contributed by atoms with van der Waals surface area (Å²) in [6.45, 7) is 0.262. The Kier molecular flexibility index (Phi) is 4.81. The van der Waals surface area contributed by atoms with Crippen LogP contribution in [0.5, 0.6) is 0 Å². The first-order valence-corrected chi connectivity index (χ1v) is 9.22. The second kappa shape index (κ2) is 7.39. The third-order valence-corrected chi connectivity index (χ3v) is 5.09. The fourth-order valence-corrected chi connectivity index (χ4v) is 3.64. The van der Waals surface area contributed by atoms with Crippen molar-refractivity contribution in [2.45, 2.75) is 17.3 Å². The van der Waals surface area contributed by atoms with Gasteiger partial charge in [-0.15, -0.1) is 5.10 Å². The third kappa shape index (κ3) is 3.54. The predicted octanol–water partition coefficient (Wildman–Crippen LogP) is 4.35. The van der Waals surface area contributed by atoms with Crippen LogP contribution in [0, 0.1) is 5.82 Å². The van der Waals surface area contributed by atoms with Gasteiger partial charge in [-0.05, 0) is 23.8 Å². The topological polar surface area (TPSA) is 56.5 Å². The second-order valence-corrected chi connectivity index (χ2v) is 7.01. The molecule has 0 saturated heterocycles. The molecule has 0 saturated carbocycles. The Balaban J connectivity index is 1.60. The molecule has 8 heteroatoms. The van der Waals surface area contributed by atoms with Crippen LogP contribution in [-0.4, -0.2) is 25.0 Å². The minimum absolute atomic E-state index is 0.262. The summed E-state index contributed by atoms with van der Waals surface area (Å²) in [6.07, 6.45) is 1.48. The monoisotopic (exact) mass is 385 g/mol. The zero-order valence-corrected chi connectivity index (χ0v) is 15.1. The van der Waals surface area contributed by atoms with Crippen molar-refractivity contribution in [2.75, 3.05) is 0 Å². The Bertz CT molecular complexity index is 1070. The number of halogens is 2. The number of fused-ring (bicyclic) bond motifs is 1. The van der Waals surface area contributed by atoms with E-state index in [9.17, 15) is 4.39 Å². The Hall–Kier alpha value is -2.51. The third-order valence-electron chi connectivity index (χ3n) is 3.81. The molecule has 0 radical (unpaired) electrons. The molecular weight excluding hydrogens is 373 g/mol. The van der Waals surface area contributed by atoms with E-state index >= 15 is 0 Å². The van der Waals surface area contributed by atoms with Crippen molar-refractivity contribution in [1.82, 2.24) is 25.0 Å². The van der Waals surface area contributed by atoms with Gasteiger partial charge in [-0.3, -0.25) is 0 Å². The van der Waals surface area contributed by atoms with E-state index in [2.05, 4.69) is 20.3 Å². The van der Waals surface area contributed by atoms with Gasteiger partial charge in [0.15, 0.2) is 11.2 Å². The lowest BCUT2D eigenvalue weighted by atomic mass is 10.2. The van der Waals surface area contributed by atoms with E-state index < -0.39 is 0 Å². The molecule has 0 atom stereocenters. The van der Waals surface area contributed by atoms with Crippen LogP contribution in [0.1, 0.15) is 11.1 Å². The minimum Gasteiger partial charge on any atom is -0.227 e. The van der Waals surface area contributed by atoms with Gasteiger partial charge < -0.3 is 0 Å². The molecule has 0 bridgehead atoms. The van der Waals surface area contributed by atoms with Crippen LogP contribution in [0.25, 0.3) is 11.2 Å². The van der Waals surface area contributed by atoms with E-state index in [-0.39, 0.29) is 12.4 Å². The van der Waals surface area contributed by atoms with E-state index in [4.69, 9.17) is 11.6 Å². The minimum atomic E-state index is -0.277. The Labute approximate surface area is 158 Å². The zero-order chi connectivity index (χ0) is 17.9. The van der Waals surface area contributed by atoms with E-state index in [0.29, 0.717) is 27.5 Å². The molecule has 0 spiro atoms. The summed E-state index contributed by atoms with van der Waals surface area (Å²) in [4.78, 5) is 8.58. The van der Waals surface area contributed by atoms with Gasteiger partial charge in [0, 0.05) is 16.3 Å². The average molecular weight is 386 g/mol. The number of thioether (sulfide) groups is 1. The highest BCUT2D eigenvalue weighted by Gasteiger charge is 2.13. The molecule has 0 aliphatic heterocycles. The lowest BCUT2D eigenvalue weighted by Gasteiger charge is -2.04. The van der Waals surface area contributed by atoms with E-state index in [1.54, 1.807) is 22.9 Å². The van der Waals surface area contributed by atoms with Crippen molar-refractivity contribution in [3.8, 4) is 0 Å². The second-order valence-electron chi connectivity index (χ2n) is 5.61. The zero-order valence-electron chi connectivity index (χ0n) is 13.5. The van der Waals surface area contributed by atoms with Gasteiger partial charge in [0.1, 0.15) is 17.2 Å². The molecule has 2 aromatic carbocycles. The van der Waals surface area contributed by atoms with E-state index in [1.807, 2.05) is 24.3 Å². The highest BCUT2D eigenvalue weighted by molar-refractivity contribution is 7.98. The van der Waals surface area contributed by atoms with Gasteiger partial charge >= 0.3 is 0 Å². The maximum absolute atomic E-state index is 13.9. The highest BCUT2D eigenvalue weighted by atomic mass is 35.5. The summed E-state index contributed by atoms with van der Waals surface area (Å²) in [7, 11) is 0. The van der Waals surface area contributed by atoms with Crippen molar-refractivity contribution < 1.29 is 4.39 Å². The normalized spacial score (nSPS) is 11.2. The molecular formula is C18H13ClFN5S. The number of nitrogens with zero attached hydrogens (tertiary/aromatic N) is 5. The molecule has 4 rings (SSSR count). The first-order chi connectivity index (χ1) is 12.7. The van der Waals surface area contributed by atoms with Gasteiger partial charge in [0.2, 0.25) is 0 Å². The Morgan fingerprint density at radius 3 is 2.81 bits per heavy atom. The molecule has 0 amide bonds. The van der Waals surface area contributed by atoms with Crippen LogP contribution >= 0.6 is 23.4 Å². The molecule has 26 heavy (non-hydrogen) atoms. The quantitative estimate of drug-likeness (QED) is 0.377. The lowest BCUT2D eigenvalue weighted by Crippen LogP contribution is -2.04. The molecule has 5 nitrogen and oxygen atoms in total. The van der Waals surface area contributed by atoms with Crippen molar-refractivity contribution in [3.63, 3.8) is 0 Å². The highest BCUT2D eigenvalue weighted by Crippen LogP contribution is 2.27. The van der Waals surface area contributed by atoms with Crippen molar-refractivity contribution >= 4 is 34.5 Å². The van der Waals surface area contributed by atoms with Crippen LogP contribution < -0.4 is 0 Å². The summed E-state index contributed by atoms with van der Waals surface area (Å²) in [5, 5.41) is 9.75. The maximum atomic E-state index is 13.9. The SMILES string of the molecule is Fc1ccccc1Cn1nnc2c(SCc3cccc(Cl)c3)ncnc21.